The molecule has 0 radical (unpaired) electrons. The van der Waals surface area contributed by atoms with Gasteiger partial charge in [0.1, 0.15) is 0 Å². The summed E-state index contributed by atoms with van der Waals surface area (Å²) in [6, 6.07) is 7.06. The minimum atomic E-state index is -3.37. The standard InChI is InChI=1S/C18H27ClN2O3S/c1-3-17(4-2)20-18(22)15-9-11-21(12-10-15)25(23,24)13-14-5-7-16(19)8-6-14/h5-8,15,17H,3-4,9-13H2,1-2H3,(H,20,22). The molecule has 0 saturated carbocycles. The molecule has 0 bridgehead atoms. The Morgan fingerprint density at radius 3 is 2.28 bits per heavy atom. The third-order valence-corrected chi connectivity index (χ3v) is 6.91. The van der Waals surface area contributed by atoms with Gasteiger partial charge >= 0.3 is 0 Å². The van der Waals surface area contributed by atoms with E-state index >= 15 is 0 Å². The second kappa shape index (κ2) is 9.01. The Morgan fingerprint density at radius 2 is 1.76 bits per heavy atom. The number of hydrogen-bond acceptors (Lipinski definition) is 3. The highest BCUT2D eigenvalue weighted by atomic mass is 35.5. The maximum atomic E-state index is 12.6. The van der Waals surface area contributed by atoms with Gasteiger partial charge in [0.15, 0.2) is 0 Å². The Hall–Kier alpha value is -1.11. The zero-order valence-electron chi connectivity index (χ0n) is 14.9. The van der Waals surface area contributed by atoms with Gasteiger partial charge in [-0.25, -0.2) is 12.7 Å². The van der Waals surface area contributed by atoms with Crippen LogP contribution in [0, 0.1) is 5.92 Å². The molecule has 1 saturated heterocycles. The van der Waals surface area contributed by atoms with Crippen LogP contribution in [0.4, 0.5) is 0 Å². The van der Waals surface area contributed by atoms with Crippen LogP contribution in [0.15, 0.2) is 24.3 Å². The predicted octanol–water partition coefficient (Wildman–Crippen LogP) is 3.19. The van der Waals surface area contributed by atoms with Gasteiger partial charge < -0.3 is 5.32 Å². The average Bonchev–Trinajstić information content (AvgIpc) is 2.61. The molecule has 1 fully saturated rings. The molecule has 140 valence electrons. The fourth-order valence-corrected chi connectivity index (χ4v) is 4.78. The van der Waals surface area contributed by atoms with Crippen LogP contribution in [0.2, 0.25) is 5.02 Å². The van der Waals surface area contributed by atoms with Gasteiger partial charge in [-0.1, -0.05) is 37.6 Å². The van der Waals surface area contributed by atoms with E-state index in [-0.39, 0.29) is 23.6 Å². The van der Waals surface area contributed by atoms with Crippen LogP contribution in [-0.4, -0.2) is 37.8 Å². The number of benzene rings is 1. The van der Waals surface area contributed by atoms with Crippen molar-refractivity contribution in [2.24, 2.45) is 5.92 Å². The molecular weight excluding hydrogens is 360 g/mol. The Bertz CT molecular complexity index is 664. The quantitative estimate of drug-likeness (QED) is 0.782. The first-order valence-corrected chi connectivity index (χ1v) is 10.9. The first kappa shape index (κ1) is 20.2. The van der Waals surface area contributed by atoms with E-state index in [0.29, 0.717) is 31.0 Å². The zero-order valence-corrected chi connectivity index (χ0v) is 16.4. The molecule has 0 aliphatic carbocycles. The van der Waals surface area contributed by atoms with Crippen LogP contribution in [-0.2, 0) is 20.6 Å². The Labute approximate surface area is 155 Å². The van der Waals surface area contributed by atoms with E-state index in [1.54, 1.807) is 24.3 Å². The molecule has 0 unspecified atom stereocenters. The number of nitrogens with zero attached hydrogens (tertiary/aromatic N) is 1. The number of carbonyl (C=O) groups is 1. The van der Waals surface area contributed by atoms with Crippen LogP contribution in [0.25, 0.3) is 0 Å². The number of amides is 1. The van der Waals surface area contributed by atoms with Crippen molar-refractivity contribution in [3.8, 4) is 0 Å². The van der Waals surface area contributed by atoms with E-state index in [9.17, 15) is 13.2 Å². The summed E-state index contributed by atoms with van der Waals surface area (Å²) in [5.41, 5.74) is 0.720. The van der Waals surface area contributed by atoms with Gasteiger partial charge in [0.05, 0.1) is 5.75 Å². The van der Waals surface area contributed by atoms with Gasteiger partial charge in [0.25, 0.3) is 0 Å². The first-order valence-electron chi connectivity index (χ1n) is 8.88. The number of nitrogens with one attached hydrogen (secondary N) is 1. The number of piperidine rings is 1. The fraction of sp³-hybridized carbons (Fsp3) is 0.611. The van der Waals surface area contributed by atoms with Crippen molar-refractivity contribution in [2.75, 3.05) is 13.1 Å². The molecule has 1 heterocycles. The Morgan fingerprint density at radius 1 is 1.20 bits per heavy atom. The molecule has 0 spiro atoms. The number of sulfonamides is 1. The van der Waals surface area contributed by atoms with Gasteiger partial charge in [-0.05, 0) is 43.4 Å². The minimum absolute atomic E-state index is 0.0330. The predicted molar refractivity (Wildman–Crippen MR) is 101 cm³/mol. The minimum Gasteiger partial charge on any atom is -0.353 e. The average molecular weight is 387 g/mol. The van der Waals surface area contributed by atoms with Crippen molar-refractivity contribution >= 4 is 27.5 Å². The van der Waals surface area contributed by atoms with Gasteiger partial charge in [0, 0.05) is 30.1 Å². The summed E-state index contributed by atoms with van der Waals surface area (Å²) in [4.78, 5) is 12.3. The lowest BCUT2D eigenvalue weighted by atomic mass is 9.96. The summed E-state index contributed by atoms with van der Waals surface area (Å²) < 4.78 is 26.7. The smallest absolute Gasteiger partial charge is 0.223 e. The van der Waals surface area contributed by atoms with Crippen LogP contribution < -0.4 is 5.32 Å². The van der Waals surface area contributed by atoms with Crippen LogP contribution in [0.5, 0.6) is 0 Å². The van der Waals surface area contributed by atoms with Gasteiger partial charge in [0.2, 0.25) is 15.9 Å². The second-order valence-corrected chi connectivity index (χ2v) is 8.98. The SMILES string of the molecule is CCC(CC)NC(=O)C1CCN(S(=O)(=O)Cc2ccc(Cl)cc2)CC1. The van der Waals surface area contributed by atoms with Crippen LogP contribution in [0.3, 0.4) is 0 Å². The van der Waals surface area contributed by atoms with Crippen molar-refractivity contribution in [3.05, 3.63) is 34.9 Å². The fourth-order valence-electron chi connectivity index (χ4n) is 3.09. The van der Waals surface area contributed by atoms with E-state index in [1.807, 2.05) is 0 Å². The second-order valence-electron chi connectivity index (χ2n) is 6.58. The van der Waals surface area contributed by atoms with E-state index in [0.717, 1.165) is 18.4 Å². The third-order valence-electron chi connectivity index (χ3n) is 4.81. The molecule has 7 heteroatoms. The van der Waals surface area contributed by atoms with Crippen LogP contribution in [0.1, 0.15) is 45.1 Å². The Balaban J connectivity index is 1.90. The van der Waals surface area contributed by atoms with E-state index in [4.69, 9.17) is 11.6 Å². The highest BCUT2D eigenvalue weighted by molar-refractivity contribution is 7.88. The van der Waals surface area contributed by atoms with Crippen molar-refractivity contribution in [1.29, 1.82) is 0 Å². The molecule has 1 aliphatic rings. The number of rotatable bonds is 7. The molecule has 0 aromatic heterocycles. The number of carbonyl (C=O) groups excluding carboxylic acids is 1. The van der Waals surface area contributed by atoms with Crippen LogP contribution >= 0.6 is 11.6 Å². The van der Waals surface area contributed by atoms with Gasteiger partial charge in [-0.15, -0.1) is 0 Å². The first-order chi connectivity index (χ1) is 11.9. The van der Waals surface area contributed by atoms with Gasteiger partial charge in [-0.2, -0.15) is 0 Å². The zero-order chi connectivity index (χ0) is 18.4. The lowest BCUT2D eigenvalue weighted by molar-refractivity contribution is -0.126. The summed E-state index contributed by atoms with van der Waals surface area (Å²) >= 11 is 5.84. The highest BCUT2D eigenvalue weighted by Gasteiger charge is 2.31. The van der Waals surface area contributed by atoms with Crippen molar-refractivity contribution in [2.45, 2.75) is 51.3 Å². The lowest BCUT2D eigenvalue weighted by Gasteiger charge is -2.31. The lowest BCUT2D eigenvalue weighted by Crippen LogP contribution is -2.45. The topological polar surface area (TPSA) is 66.5 Å². The molecular formula is C18H27ClN2O3S. The summed E-state index contributed by atoms with van der Waals surface area (Å²) in [5.74, 6) is -0.0690. The monoisotopic (exact) mass is 386 g/mol. The number of hydrogen-bond donors (Lipinski definition) is 1. The number of halogens is 1. The molecule has 1 aromatic rings. The third kappa shape index (κ3) is 5.69. The van der Waals surface area contributed by atoms with E-state index in [2.05, 4.69) is 19.2 Å². The van der Waals surface area contributed by atoms with Gasteiger partial charge in [-0.3, -0.25) is 4.79 Å². The molecule has 1 amide bonds. The molecule has 1 aromatic carbocycles. The van der Waals surface area contributed by atoms with Crippen molar-refractivity contribution < 1.29 is 13.2 Å². The Kier molecular flexibility index (Phi) is 7.28. The van der Waals surface area contributed by atoms with E-state index in [1.165, 1.54) is 4.31 Å². The molecule has 1 N–H and O–H groups in total. The molecule has 5 nitrogen and oxygen atoms in total. The summed E-state index contributed by atoms with van der Waals surface area (Å²) in [6.07, 6.45) is 2.98. The molecule has 1 aliphatic heterocycles. The molecule has 25 heavy (non-hydrogen) atoms. The molecule has 2 rings (SSSR count). The maximum Gasteiger partial charge on any atom is 0.223 e. The normalized spacial score (nSPS) is 17.0. The summed E-state index contributed by atoms with van der Waals surface area (Å²) in [7, 11) is -3.37. The van der Waals surface area contributed by atoms with Crippen molar-refractivity contribution in [1.82, 2.24) is 9.62 Å². The maximum absolute atomic E-state index is 12.6. The largest absolute Gasteiger partial charge is 0.353 e. The summed E-state index contributed by atoms with van der Waals surface area (Å²) in [5, 5.41) is 3.65. The molecule has 0 atom stereocenters. The highest BCUT2D eigenvalue weighted by Crippen LogP contribution is 2.22. The van der Waals surface area contributed by atoms with Crippen molar-refractivity contribution in [3.63, 3.8) is 0 Å². The van der Waals surface area contributed by atoms with E-state index < -0.39 is 10.0 Å². The summed E-state index contributed by atoms with van der Waals surface area (Å²) in [6.45, 7) is 4.91.